The van der Waals surface area contributed by atoms with Crippen molar-refractivity contribution in [2.24, 2.45) is 5.92 Å². The molecule has 0 radical (unpaired) electrons. The minimum absolute atomic E-state index is 0.0261. The summed E-state index contributed by atoms with van der Waals surface area (Å²) in [5.74, 6) is -1.67. The number of hydrogen-bond donors (Lipinski definition) is 1. The molecule has 32 heavy (non-hydrogen) atoms. The molecule has 5 nitrogen and oxygen atoms in total. The van der Waals surface area contributed by atoms with Gasteiger partial charge in [-0.15, -0.1) is 0 Å². The number of benzene rings is 2. The third-order valence-electron chi connectivity index (χ3n) is 6.06. The van der Waals surface area contributed by atoms with Gasteiger partial charge >= 0.3 is 0 Å². The summed E-state index contributed by atoms with van der Waals surface area (Å²) in [4.78, 5) is 39.3. The SMILES string of the molecule is Cc1ccc(CNC(=O)C2CCN(C(=O)C(=O)c3ccc(C(C)(C)C)cc3)CC2)cc1F. The molecule has 0 aromatic heterocycles. The van der Waals surface area contributed by atoms with Crippen molar-refractivity contribution >= 4 is 17.6 Å². The number of nitrogens with one attached hydrogen (secondary N) is 1. The van der Waals surface area contributed by atoms with Crippen LogP contribution in [0.4, 0.5) is 4.39 Å². The lowest BCUT2D eigenvalue weighted by molar-refractivity contribution is -0.132. The van der Waals surface area contributed by atoms with Crippen molar-refractivity contribution in [2.75, 3.05) is 13.1 Å². The normalized spacial score (nSPS) is 14.8. The molecular weight excluding hydrogens is 407 g/mol. The molecular formula is C26H31FN2O3. The van der Waals surface area contributed by atoms with E-state index in [1.54, 1.807) is 31.2 Å². The molecule has 0 saturated carbocycles. The second-order valence-electron chi connectivity index (χ2n) is 9.52. The summed E-state index contributed by atoms with van der Waals surface area (Å²) >= 11 is 0. The lowest BCUT2D eigenvalue weighted by Crippen LogP contribution is -2.45. The van der Waals surface area contributed by atoms with Crippen molar-refractivity contribution in [3.63, 3.8) is 0 Å². The van der Waals surface area contributed by atoms with Gasteiger partial charge in [-0.2, -0.15) is 0 Å². The van der Waals surface area contributed by atoms with Crippen LogP contribution in [-0.2, 0) is 21.5 Å². The van der Waals surface area contributed by atoms with Crippen molar-refractivity contribution < 1.29 is 18.8 Å². The summed E-state index contributed by atoms with van der Waals surface area (Å²) in [6.07, 6.45) is 0.992. The average Bonchev–Trinajstić information content (AvgIpc) is 2.78. The topological polar surface area (TPSA) is 66.5 Å². The molecule has 1 heterocycles. The molecule has 0 aliphatic carbocycles. The van der Waals surface area contributed by atoms with Gasteiger partial charge in [0.05, 0.1) is 0 Å². The van der Waals surface area contributed by atoms with Crippen molar-refractivity contribution in [1.82, 2.24) is 10.2 Å². The van der Waals surface area contributed by atoms with Gasteiger partial charge in [0.15, 0.2) is 0 Å². The predicted molar refractivity (Wildman–Crippen MR) is 122 cm³/mol. The van der Waals surface area contributed by atoms with Gasteiger partial charge in [-0.25, -0.2) is 4.39 Å². The number of nitrogens with zero attached hydrogens (tertiary/aromatic N) is 1. The van der Waals surface area contributed by atoms with Gasteiger partial charge in [-0.05, 0) is 47.9 Å². The van der Waals surface area contributed by atoms with Gasteiger partial charge in [0.1, 0.15) is 5.82 Å². The van der Waals surface area contributed by atoms with E-state index in [1.807, 2.05) is 12.1 Å². The number of ketones is 1. The third-order valence-corrected chi connectivity index (χ3v) is 6.06. The van der Waals surface area contributed by atoms with Crippen LogP contribution in [0.3, 0.4) is 0 Å². The third kappa shape index (κ3) is 5.61. The summed E-state index contributed by atoms with van der Waals surface area (Å²) in [5.41, 5.74) is 2.73. The molecule has 3 rings (SSSR count). The first-order valence-electron chi connectivity index (χ1n) is 11.0. The highest BCUT2D eigenvalue weighted by Crippen LogP contribution is 2.23. The lowest BCUT2D eigenvalue weighted by atomic mass is 9.86. The van der Waals surface area contributed by atoms with Crippen molar-refractivity contribution in [1.29, 1.82) is 0 Å². The van der Waals surface area contributed by atoms with E-state index in [0.717, 1.165) is 5.56 Å². The molecule has 0 unspecified atom stereocenters. The van der Waals surface area contributed by atoms with E-state index in [-0.39, 0.29) is 29.6 Å². The molecule has 2 aromatic carbocycles. The molecule has 0 atom stereocenters. The van der Waals surface area contributed by atoms with Crippen molar-refractivity contribution in [3.05, 3.63) is 70.5 Å². The smallest absolute Gasteiger partial charge is 0.294 e. The number of Topliss-reactive ketones (excluding diaryl/α,β-unsaturated/α-hetero) is 1. The van der Waals surface area contributed by atoms with Gasteiger partial charge in [0.2, 0.25) is 11.7 Å². The Labute approximate surface area is 189 Å². The van der Waals surface area contributed by atoms with Crippen LogP contribution in [0.1, 0.15) is 60.7 Å². The van der Waals surface area contributed by atoms with Crippen LogP contribution >= 0.6 is 0 Å². The van der Waals surface area contributed by atoms with Gasteiger partial charge in [0, 0.05) is 31.1 Å². The molecule has 2 amide bonds. The number of aryl methyl sites for hydroxylation is 1. The van der Waals surface area contributed by atoms with E-state index in [9.17, 15) is 18.8 Å². The second kappa shape index (κ2) is 9.63. The summed E-state index contributed by atoms with van der Waals surface area (Å²) in [6.45, 7) is 8.96. The lowest BCUT2D eigenvalue weighted by Gasteiger charge is -2.31. The van der Waals surface area contributed by atoms with Crippen LogP contribution in [0.15, 0.2) is 42.5 Å². The fourth-order valence-electron chi connectivity index (χ4n) is 3.81. The first-order valence-corrected chi connectivity index (χ1v) is 11.0. The minimum atomic E-state index is -0.525. The Balaban J connectivity index is 1.50. The maximum Gasteiger partial charge on any atom is 0.294 e. The minimum Gasteiger partial charge on any atom is -0.352 e. The predicted octanol–water partition coefficient (Wildman–Crippen LogP) is 4.17. The zero-order chi connectivity index (χ0) is 23.5. The fraction of sp³-hybridized carbons (Fsp3) is 0.423. The molecule has 1 saturated heterocycles. The van der Waals surface area contributed by atoms with Crippen molar-refractivity contribution in [3.8, 4) is 0 Å². The van der Waals surface area contributed by atoms with Crippen LogP contribution in [0, 0.1) is 18.7 Å². The molecule has 1 aliphatic heterocycles. The molecule has 170 valence electrons. The fourth-order valence-corrected chi connectivity index (χ4v) is 3.81. The van der Waals surface area contributed by atoms with E-state index in [1.165, 1.54) is 11.0 Å². The monoisotopic (exact) mass is 438 g/mol. The van der Waals surface area contributed by atoms with Crippen LogP contribution in [0.25, 0.3) is 0 Å². The highest BCUT2D eigenvalue weighted by atomic mass is 19.1. The Morgan fingerprint density at radius 1 is 1.03 bits per heavy atom. The van der Waals surface area contributed by atoms with Crippen LogP contribution < -0.4 is 5.32 Å². The molecule has 0 spiro atoms. The number of carbonyl (C=O) groups excluding carboxylic acids is 3. The Hall–Kier alpha value is -3.02. The van der Waals surface area contributed by atoms with E-state index in [4.69, 9.17) is 0 Å². The Bertz CT molecular complexity index is 1000. The van der Waals surface area contributed by atoms with E-state index >= 15 is 0 Å². The van der Waals surface area contributed by atoms with E-state index in [0.29, 0.717) is 42.6 Å². The Morgan fingerprint density at radius 3 is 2.22 bits per heavy atom. The number of amides is 2. The average molecular weight is 439 g/mol. The second-order valence-corrected chi connectivity index (χ2v) is 9.52. The summed E-state index contributed by atoms with van der Waals surface area (Å²) in [6, 6.07) is 12.1. The summed E-state index contributed by atoms with van der Waals surface area (Å²) in [7, 11) is 0. The molecule has 1 aliphatic rings. The first-order chi connectivity index (χ1) is 15.1. The summed E-state index contributed by atoms with van der Waals surface area (Å²) in [5, 5.41) is 2.85. The molecule has 2 aromatic rings. The number of carbonyl (C=O) groups is 3. The number of likely N-dealkylation sites (tertiary alicyclic amines) is 1. The van der Waals surface area contributed by atoms with Crippen LogP contribution in [-0.4, -0.2) is 35.6 Å². The molecule has 6 heteroatoms. The largest absolute Gasteiger partial charge is 0.352 e. The van der Waals surface area contributed by atoms with Gasteiger partial charge in [-0.1, -0.05) is 57.2 Å². The van der Waals surface area contributed by atoms with Crippen LogP contribution in [0.5, 0.6) is 0 Å². The van der Waals surface area contributed by atoms with Crippen molar-refractivity contribution in [2.45, 2.75) is 52.5 Å². The number of hydrogen-bond acceptors (Lipinski definition) is 3. The number of rotatable bonds is 5. The van der Waals surface area contributed by atoms with Gasteiger partial charge in [0.25, 0.3) is 5.91 Å². The number of piperidine rings is 1. The number of halogens is 1. The Morgan fingerprint density at radius 2 is 1.66 bits per heavy atom. The van der Waals surface area contributed by atoms with Crippen LogP contribution in [0.2, 0.25) is 0 Å². The highest BCUT2D eigenvalue weighted by molar-refractivity contribution is 6.42. The maximum atomic E-state index is 13.7. The summed E-state index contributed by atoms with van der Waals surface area (Å²) < 4.78 is 13.7. The molecule has 0 bridgehead atoms. The first kappa shape index (κ1) is 23.6. The van der Waals surface area contributed by atoms with E-state index in [2.05, 4.69) is 26.1 Å². The van der Waals surface area contributed by atoms with Gasteiger partial charge in [-0.3, -0.25) is 14.4 Å². The zero-order valence-corrected chi connectivity index (χ0v) is 19.2. The van der Waals surface area contributed by atoms with E-state index < -0.39 is 11.7 Å². The highest BCUT2D eigenvalue weighted by Gasteiger charge is 2.30. The zero-order valence-electron chi connectivity index (χ0n) is 19.2. The van der Waals surface area contributed by atoms with Gasteiger partial charge < -0.3 is 10.2 Å². The maximum absolute atomic E-state index is 13.7. The quantitative estimate of drug-likeness (QED) is 0.563. The molecule has 1 N–H and O–H groups in total. The Kier molecular flexibility index (Phi) is 7.12. The standard InChI is InChI=1S/C26H31FN2O3/c1-17-5-6-18(15-22(17)27)16-28-24(31)20-11-13-29(14-12-20)25(32)23(30)19-7-9-21(10-8-19)26(2,3)4/h5-10,15,20H,11-14,16H2,1-4H3,(H,28,31). The molecule has 1 fully saturated rings.